The molecule has 0 aliphatic heterocycles. The lowest BCUT2D eigenvalue weighted by Crippen LogP contribution is -2.43. The second-order valence-electron chi connectivity index (χ2n) is 5.03. The van der Waals surface area contributed by atoms with Gasteiger partial charge in [-0.2, -0.15) is 0 Å². The highest BCUT2D eigenvalue weighted by atomic mass is 16.4. The van der Waals surface area contributed by atoms with Crippen LogP contribution in [0.4, 0.5) is 0 Å². The van der Waals surface area contributed by atoms with E-state index in [1.807, 2.05) is 0 Å². The van der Waals surface area contributed by atoms with E-state index < -0.39 is 17.9 Å². The van der Waals surface area contributed by atoms with E-state index in [2.05, 4.69) is 5.32 Å². The van der Waals surface area contributed by atoms with Gasteiger partial charge in [0.15, 0.2) is 0 Å². The number of hydrogen-bond acceptors (Lipinski definition) is 5. The Balaban J connectivity index is 4.33. The SMILES string of the molecule is CC(=O)CC[C@@H](C(=O)O)N(C)C(=O)CCC(=O)NCCCO. The molecule has 0 heterocycles. The summed E-state index contributed by atoms with van der Waals surface area (Å²) < 4.78 is 0. The molecule has 2 amide bonds. The van der Waals surface area contributed by atoms with Crippen LogP contribution in [0.25, 0.3) is 0 Å². The number of hydrogen-bond donors (Lipinski definition) is 3. The summed E-state index contributed by atoms with van der Waals surface area (Å²) in [5, 5.41) is 20.2. The highest BCUT2D eigenvalue weighted by molar-refractivity contribution is 5.87. The van der Waals surface area contributed by atoms with Gasteiger partial charge in [0, 0.05) is 39.5 Å². The number of nitrogens with zero attached hydrogens (tertiary/aromatic N) is 1. The molecule has 8 nitrogen and oxygen atoms in total. The fourth-order valence-corrected chi connectivity index (χ4v) is 1.79. The summed E-state index contributed by atoms with van der Waals surface area (Å²) in [4.78, 5) is 46.5. The molecule has 0 saturated carbocycles. The second-order valence-corrected chi connectivity index (χ2v) is 5.03. The number of rotatable bonds is 11. The van der Waals surface area contributed by atoms with Crippen molar-refractivity contribution in [1.82, 2.24) is 10.2 Å². The maximum absolute atomic E-state index is 11.9. The number of carboxylic acid groups (broad SMARTS) is 1. The molecule has 0 radical (unpaired) electrons. The molecule has 0 aliphatic rings. The van der Waals surface area contributed by atoms with Crippen molar-refractivity contribution in [2.24, 2.45) is 0 Å². The van der Waals surface area contributed by atoms with Crippen molar-refractivity contribution in [3.8, 4) is 0 Å². The fourth-order valence-electron chi connectivity index (χ4n) is 1.79. The average molecular weight is 316 g/mol. The Hall–Kier alpha value is -1.96. The minimum atomic E-state index is -1.18. The van der Waals surface area contributed by atoms with E-state index in [-0.39, 0.29) is 44.0 Å². The Morgan fingerprint density at radius 1 is 1.14 bits per heavy atom. The lowest BCUT2D eigenvalue weighted by molar-refractivity contribution is -0.149. The predicted molar refractivity (Wildman–Crippen MR) is 78.1 cm³/mol. The first kappa shape index (κ1) is 20.0. The number of carbonyl (C=O) groups excluding carboxylic acids is 3. The number of aliphatic hydroxyl groups excluding tert-OH is 1. The number of nitrogens with one attached hydrogen (secondary N) is 1. The van der Waals surface area contributed by atoms with Crippen molar-refractivity contribution in [3.05, 3.63) is 0 Å². The second kappa shape index (κ2) is 10.7. The van der Waals surface area contributed by atoms with Crippen molar-refractivity contribution in [2.75, 3.05) is 20.2 Å². The molecule has 3 N–H and O–H groups in total. The van der Waals surface area contributed by atoms with E-state index in [1.54, 1.807) is 0 Å². The minimum Gasteiger partial charge on any atom is -0.480 e. The van der Waals surface area contributed by atoms with Gasteiger partial charge in [0.2, 0.25) is 11.8 Å². The number of Topliss-reactive ketones (excluding diaryl/α,β-unsaturated/α-hetero) is 1. The van der Waals surface area contributed by atoms with Gasteiger partial charge in [0.25, 0.3) is 0 Å². The van der Waals surface area contributed by atoms with E-state index >= 15 is 0 Å². The molecule has 0 spiro atoms. The van der Waals surface area contributed by atoms with Crippen LogP contribution < -0.4 is 5.32 Å². The Bertz CT molecular complexity index is 410. The first-order valence-electron chi connectivity index (χ1n) is 7.15. The van der Waals surface area contributed by atoms with Gasteiger partial charge in [0.05, 0.1) is 0 Å². The number of amides is 2. The summed E-state index contributed by atoms with van der Waals surface area (Å²) in [6.45, 7) is 1.66. The third-order valence-corrected chi connectivity index (χ3v) is 3.14. The molecule has 0 bridgehead atoms. The third kappa shape index (κ3) is 8.35. The van der Waals surface area contributed by atoms with Crippen LogP contribution in [0, 0.1) is 0 Å². The minimum absolute atomic E-state index is 0.0294. The van der Waals surface area contributed by atoms with E-state index in [9.17, 15) is 19.2 Å². The lowest BCUT2D eigenvalue weighted by atomic mass is 10.1. The maximum Gasteiger partial charge on any atom is 0.326 e. The molecule has 0 unspecified atom stereocenters. The predicted octanol–water partition coefficient (Wildman–Crippen LogP) is -0.454. The highest BCUT2D eigenvalue weighted by Crippen LogP contribution is 2.09. The number of carboxylic acids is 1. The molecule has 22 heavy (non-hydrogen) atoms. The molecular formula is C14H24N2O6. The van der Waals surface area contributed by atoms with Crippen molar-refractivity contribution in [1.29, 1.82) is 0 Å². The summed E-state index contributed by atoms with van der Waals surface area (Å²) in [5.74, 6) is -2.11. The van der Waals surface area contributed by atoms with E-state index in [1.165, 1.54) is 14.0 Å². The van der Waals surface area contributed by atoms with E-state index in [4.69, 9.17) is 10.2 Å². The van der Waals surface area contributed by atoms with Gasteiger partial charge >= 0.3 is 5.97 Å². The molecule has 126 valence electrons. The molecule has 0 aliphatic carbocycles. The normalized spacial score (nSPS) is 11.6. The van der Waals surface area contributed by atoms with Crippen LogP contribution >= 0.6 is 0 Å². The van der Waals surface area contributed by atoms with Gasteiger partial charge in [-0.25, -0.2) is 4.79 Å². The van der Waals surface area contributed by atoms with Crippen LogP contribution in [0.1, 0.15) is 39.0 Å². The molecular weight excluding hydrogens is 292 g/mol. The van der Waals surface area contributed by atoms with E-state index in [0.717, 1.165) is 4.90 Å². The van der Waals surface area contributed by atoms with Crippen LogP contribution in [0.5, 0.6) is 0 Å². The Morgan fingerprint density at radius 2 is 1.77 bits per heavy atom. The Labute approximate surface area is 129 Å². The quantitative estimate of drug-likeness (QED) is 0.443. The highest BCUT2D eigenvalue weighted by Gasteiger charge is 2.26. The summed E-state index contributed by atoms with van der Waals surface area (Å²) in [5.41, 5.74) is 0. The van der Waals surface area contributed by atoms with Gasteiger partial charge < -0.3 is 25.2 Å². The summed E-state index contributed by atoms with van der Waals surface area (Å²) in [6, 6.07) is -1.08. The van der Waals surface area contributed by atoms with Gasteiger partial charge in [0.1, 0.15) is 11.8 Å². The summed E-state index contributed by atoms with van der Waals surface area (Å²) in [6.07, 6.45) is 0.413. The first-order valence-corrected chi connectivity index (χ1v) is 7.15. The monoisotopic (exact) mass is 316 g/mol. The summed E-state index contributed by atoms with van der Waals surface area (Å²) >= 11 is 0. The van der Waals surface area contributed by atoms with Crippen LogP contribution in [0.2, 0.25) is 0 Å². The number of ketones is 1. The standard InChI is InChI=1S/C14H24N2O6/c1-10(18)4-5-11(14(21)22)16(2)13(20)7-6-12(19)15-8-3-9-17/h11,17H,3-9H2,1-2H3,(H,15,19)(H,21,22)/t11-/m0/s1. The smallest absolute Gasteiger partial charge is 0.326 e. The zero-order chi connectivity index (χ0) is 17.1. The van der Waals surface area contributed by atoms with Crippen LogP contribution in [-0.2, 0) is 19.2 Å². The molecule has 0 aromatic heterocycles. The molecule has 0 aromatic carbocycles. The Morgan fingerprint density at radius 3 is 2.27 bits per heavy atom. The van der Waals surface area contributed by atoms with Crippen LogP contribution in [0.3, 0.4) is 0 Å². The largest absolute Gasteiger partial charge is 0.480 e. The van der Waals surface area contributed by atoms with Gasteiger partial charge in [-0.1, -0.05) is 0 Å². The molecule has 0 saturated heterocycles. The first-order chi connectivity index (χ1) is 10.3. The van der Waals surface area contributed by atoms with Crippen LogP contribution in [0.15, 0.2) is 0 Å². The zero-order valence-electron chi connectivity index (χ0n) is 13.0. The van der Waals surface area contributed by atoms with Crippen molar-refractivity contribution < 1.29 is 29.4 Å². The Kier molecular flexibility index (Phi) is 9.77. The van der Waals surface area contributed by atoms with Crippen LogP contribution in [-0.4, -0.2) is 64.9 Å². The van der Waals surface area contributed by atoms with Gasteiger partial charge in [-0.3, -0.25) is 9.59 Å². The fraction of sp³-hybridized carbons (Fsp3) is 0.714. The molecule has 8 heteroatoms. The molecule has 1 atom stereocenters. The zero-order valence-corrected chi connectivity index (χ0v) is 13.0. The van der Waals surface area contributed by atoms with E-state index in [0.29, 0.717) is 13.0 Å². The topological polar surface area (TPSA) is 124 Å². The van der Waals surface area contributed by atoms with Gasteiger partial charge in [-0.15, -0.1) is 0 Å². The molecule has 0 fully saturated rings. The maximum atomic E-state index is 11.9. The van der Waals surface area contributed by atoms with Crippen molar-refractivity contribution in [3.63, 3.8) is 0 Å². The van der Waals surface area contributed by atoms with Crippen molar-refractivity contribution >= 4 is 23.6 Å². The molecule has 0 rings (SSSR count). The average Bonchev–Trinajstić information content (AvgIpc) is 2.44. The number of likely N-dealkylation sites (N-methyl/N-ethyl adjacent to an activating group) is 1. The number of aliphatic carboxylic acids is 1. The van der Waals surface area contributed by atoms with Gasteiger partial charge in [-0.05, 0) is 19.8 Å². The molecule has 0 aromatic rings. The lowest BCUT2D eigenvalue weighted by Gasteiger charge is -2.24. The number of carbonyl (C=O) groups is 4. The van der Waals surface area contributed by atoms with Crippen molar-refractivity contribution in [2.45, 2.75) is 45.1 Å². The number of aliphatic hydroxyl groups is 1. The third-order valence-electron chi connectivity index (χ3n) is 3.14. The summed E-state index contributed by atoms with van der Waals surface area (Å²) in [7, 11) is 1.35.